The van der Waals surface area contributed by atoms with E-state index in [9.17, 15) is 4.79 Å². The van der Waals surface area contributed by atoms with Crippen LogP contribution in [0.1, 0.15) is 41.5 Å². The molecule has 0 atom stereocenters. The van der Waals surface area contributed by atoms with Crippen LogP contribution in [0.25, 0.3) is 0 Å². The summed E-state index contributed by atoms with van der Waals surface area (Å²) in [4.78, 5) is 11.9. The van der Waals surface area contributed by atoms with Crippen LogP contribution in [-0.4, -0.2) is 6.03 Å². The molecule has 0 aromatic rings. The summed E-state index contributed by atoms with van der Waals surface area (Å²) >= 11 is 0. The maximum Gasteiger partial charge on any atom is 0.323 e. The molecule has 134 valence electrons. The maximum absolute atomic E-state index is 11.9. The number of hydrogen-bond acceptors (Lipinski definition) is 1. The quantitative estimate of drug-likeness (QED) is 0.537. The van der Waals surface area contributed by atoms with Gasteiger partial charge in [-0.1, -0.05) is 77.3 Å². The number of hydrogen-bond donors (Lipinski definition) is 2. The van der Waals surface area contributed by atoms with E-state index in [0.29, 0.717) is 11.4 Å². The van der Waals surface area contributed by atoms with Gasteiger partial charge in [0.15, 0.2) is 0 Å². The van der Waals surface area contributed by atoms with Crippen LogP contribution in [0.2, 0.25) is 0 Å². The monoisotopic (exact) mass is 330 g/mol. The van der Waals surface area contributed by atoms with Crippen LogP contribution in [0.4, 0.5) is 4.79 Å². The smallest absolute Gasteiger partial charge is 0.308 e. The number of urea groups is 1. The van der Waals surface area contributed by atoms with Crippen molar-refractivity contribution >= 4 is 6.03 Å². The van der Waals surface area contributed by atoms with Gasteiger partial charge in [0.05, 0.1) is 0 Å². The number of amides is 2. The van der Waals surface area contributed by atoms with Crippen LogP contribution >= 0.6 is 0 Å². The van der Waals surface area contributed by atoms with E-state index >= 15 is 0 Å². The summed E-state index contributed by atoms with van der Waals surface area (Å²) in [5.41, 5.74) is 1.29. The highest BCUT2D eigenvalue weighted by molar-refractivity contribution is 5.78. The Morgan fingerprint density at radius 3 is 1.67 bits per heavy atom. The number of rotatable bonds is 7. The zero-order chi connectivity index (χ0) is 19.2. The summed E-state index contributed by atoms with van der Waals surface area (Å²) in [6.45, 7) is 19.0. The lowest BCUT2D eigenvalue weighted by Crippen LogP contribution is -2.33. The Morgan fingerprint density at radius 1 is 0.792 bits per heavy atom. The third-order valence-electron chi connectivity index (χ3n) is 2.08. The lowest BCUT2D eigenvalue weighted by atomic mass is 10.3. The third-order valence-corrected chi connectivity index (χ3v) is 2.08. The second-order valence-electron chi connectivity index (χ2n) is 3.67. The Bertz CT molecular complexity index is 478. The average Bonchev–Trinajstić information content (AvgIpc) is 2.64. The van der Waals surface area contributed by atoms with E-state index in [4.69, 9.17) is 0 Å². The van der Waals surface area contributed by atoms with E-state index in [1.165, 1.54) is 0 Å². The van der Waals surface area contributed by atoms with Gasteiger partial charge in [0.2, 0.25) is 0 Å². The standard InChI is InChI=1S/C17H22N2O.2C2H6/c1-5-9-12-15(8-4)18-17(20)19-16(13-10-6-2)14-11-7-3;2*1-2/h5-14H,2,4H2,1,3H3,(H2,18,19,20);2*1-2H3/b9-5-,11-7+,13-10-,15-12+,16-14+;;. The van der Waals surface area contributed by atoms with Gasteiger partial charge < -0.3 is 10.6 Å². The molecule has 0 aliphatic heterocycles. The van der Waals surface area contributed by atoms with Gasteiger partial charge >= 0.3 is 6.03 Å². The van der Waals surface area contributed by atoms with Crippen molar-refractivity contribution in [3.05, 3.63) is 85.3 Å². The zero-order valence-corrected chi connectivity index (χ0v) is 16.1. The molecule has 0 heterocycles. The van der Waals surface area contributed by atoms with E-state index in [0.717, 1.165) is 0 Å². The Kier molecular flexibility index (Phi) is 25.0. The number of nitrogens with one attached hydrogen (secondary N) is 2. The van der Waals surface area contributed by atoms with Crippen molar-refractivity contribution in [2.45, 2.75) is 41.5 Å². The van der Waals surface area contributed by atoms with Crippen molar-refractivity contribution in [3.8, 4) is 0 Å². The normalized spacial score (nSPS) is 11.4. The minimum absolute atomic E-state index is 0.329. The van der Waals surface area contributed by atoms with Crippen LogP contribution in [0.3, 0.4) is 0 Å². The molecular weight excluding hydrogens is 296 g/mol. The van der Waals surface area contributed by atoms with Gasteiger partial charge in [-0.05, 0) is 38.2 Å². The molecule has 0 unspecified atom stereocenters. The Morgan fingerprint density at radius 2 is 1.25 bits per heavy atom. The summed E-state index contributed by atoms with van der Waals surface area (Å²) in [5, 5.41) is 5.44. The molecule has 0 saturated carbocycles. The molecule has 3 heteroatoms. The molecule has 0 aromatic carbocycles. The first-order valence-corrected chi connectivity index (χ1v) is 8.33. The molecule has 0 aliphatic rings. The van der Waals surface area contributed by atoms with Gasteiger partial charge in [0.1, 0.15) is 0 Å². The van der Waals surface area contributed by atoms with Gasteiger partial charge in [0, 0.05) is 11.4 Å². The molecular formula is C21H34N2O. The highest BCUT2D eigenvalue weighted by Gasteiger charge is 2.01. The van der Waals surface area contributed by atoms with Crippen molar-refractivity contribution in [1.29, 1.82) is 0 Å². The van der Waals surface area contributed by atoms with Gasteiger partial charge in [-0.25, -0.2) is 4.79 Å². The topological polar surface area (TPSA) is 41.1 Å². The second kappa shape index (κ2) is 22.7. The molecule has 0 spiro atoms. The molecule has 0 saturated heterocycles. The zero-order valence-electron chi connectivity index (χ0n) is 16.1. The van der Waals surface area contributed by atoms with Crippen LogP contribution in [0, 0.1) is 0 Å². The largest absolute Gasteiger partial charge is 0.323 e. The first kappa shape index (κ1) is 26.4. The first-order chi connectivity index (χ1) is 11.7. The van der Waals surface area contributed by atoms with E-state index in [-0.39, 0.29) is 6.03 Å². The summed E-state index contributed by atoms with van der Waals surface area (Å²) in [6.07, 6.45) is 17.7. The fourth-order valence-electron chi connectivity index (χ4n) is 1.16. The lowest BCUT2D eigenvalue weighted by Gasteiger charge is -2.08. The molecule has 24 heavy (non-hydrogen) atoms. The van der Waals surface area contributed by atoms with Crippen LogP contribution in [0.5, 0.6) is 0 Å². The van der Waals surface area contributed by atoms with Crippen LogP contribution < -0.4 is 10.6 Å². The van der Waals surface area contributed by atoms with Gasteiger partial charge in [-0.15, -0.1) is 0 Å². The molecule has 3 nitrogen and oxygen atoms in total. The highest BCUT2D eigenvalue weighted by atomic mass is 16.2. The van der Waals surface area contributed by atoms with Crippen LogP contribution in [0.15, 0.2) is 85.3 Å². The summed E-state index contributed by atoms with van der Waals surface area (Å²) < 4.78 is 0. The fraction of sp³-hybridized carbons (Fsp3) is 0.286. The van der Waals surface area contributed by atoms with E-state index in [2.05, 4.69) is 23.8 Å². The number of carbonyl (C=O) groups is 1. The molecule has 2 N–H and O–H groups in total. The summed E-state index contributed by atoms with van der Waals surface area (Å²) in [6, 6.07) is -0.329. The van der Waals surface area contributed by atoms with E-state index < -0.39 is 0 Å². The van der Waals surface area contributed by atoms with Crippen molar-refractivity contribution in [3.63, 3.8) is 0 Å². The molecule has 0 aliphatic carbocycles. The summed E-state index contributed by atoms with van der Waals surface area (Å²) in [5.74, 6) is 0. The van der Waals surface area contributed by atoms with Crippen LogP contribution in [-0.2, 0) is 0 Å². The van der Waals surface area contributed by atoms with Crippen molar-refractivity contribution in [1.82, 2.24) is 10.6 Å². The number of carbonyl (C=O) groups excluding carboxylic acids is 1. The fourth-order valence-corrected chi connectivity index (χ4v) is 1.16. The van der Waals surface area contributed by atoms with E-state index in [1.54, 1.807) is 36.5 Å². The molecule has 0 radical (unpaired) electrons. The Balaban J connectivity index is -0.00000102. The van der Waals surface area contributed by atoms with Crippen molar-refractivity contribution < 1.29 is 4.79 Å². The molecule has 0 rings (SSSR count). The summed E-state index contributed by atoms with van der Waals surface area (Å²) in [7, 11) is 0. The average molecular weight is 331 g/mol. The van der Waals surface area contributed by atoms with Gasteiger partial charge in [-0.2, -0.15) is 0 Å². The Labute approximate surface area is 148 Å². The first-order valence-electron chi connectivity index (χ1n) is 8.33. The second-order valence-corrected chi connectivity index (χ2v) is 3.67. The molecule has 0 aromatic heterocycles. The molecule has 2 amide bonds. The predicted molar refractivity (Wildman–Crippen MR) is 110 cm³/mol. The molecule has 0 bridgehead atoms. The van der Waals surface area contributed by atoms with Gasteiger partial charge in [0.25, 0.3) is 0 Å². The maximum atomic E-state index is 11.9. The van der Waals surface area contributed by atoms with Crippen molar-refractivity contribution in [2.75, 3.05) is 0 Å². The Hall–Kier alpha value is -2.55. The highest BCUT2D eigenvalue weighted by Crippen LogP contribution is 1.96. The lowest BCUT2D eigenvalue weighted by molar-refractivity contribution is 0.246. The molecule has 0 fully saturated rings. The SMILES string of the molecule is C=C\C=C/C(=C\C=C\C)NC(=O)N/C(C=C)=C/C=C\C.CC.CC. The number of allylic oxidation sites excluding steroid dienone is 10. The minimum atomic E-state index is -0.329. The minimum Gasteiger partial charge on any atom is -0.308 e. The van der Waals surface area contributed by atoms with Crippen molar-refractivity contribution in [2.24, 2.45) is 0 Å². The van der Waals surface area contributed by atoms with Gasteiger partial charge in [-0.3, -0.25) is 0 Å². The third kappa shape index (κ3) is 17.5. The van der Waals surface area contributed by atoms with E-state index in [1.807, 2.05) is 65.8 Å². The predicted octanol–water partition coefficient (Wildman–Crippen LogP) is 6.19.